The average molecular weight is 266 g/mol. The molecule has 0 amide bonds. The molecule has 1 aliphatic heterocycles. The lowest BCUT2D eigenvalue weighted by Gasteiger charge is -2.52. The summed E-state index contributed by atoms with van der Waals surface area (Å²) in [6, 6.07) is 0. The van der Waals surface area contributed by atoms with Gasteiger partial charge >= 0.3 is 5.97 Å². The number of carbonyl (C=O) groups excluding carboxylic acids is 1. The maximum atomic E-state index is 11.9. The molecule has 2 fully saturated rings. The number of esters is 1. The molecule has 0 bridgehead atoms. The minimum absolute atomic E-state index is 0.0733. The number of aliphatic hydroxyl groups excluding tert-OH is 1. The zero-order valence-electron chi connectivity index (χ0n) is 11.7. The van der Waals surface area contributed by atoms with Crippen LogP contribution < -0.4 is 0 Å². The van der Waals surface area contributed by atoms with E-state index in [9.17, 15) is 15.0 Å². The highest BCUT2D eigenvalue weighted by Crippen LogP contribution is 2.56. The first-order valence-corrected chi connectivity index (χ1v) is 7.08. The molecule has 0 spiro atoms. The van der Waals surface area contributed by atoms with Crippen molar-refractivity contribution in [2.45, 2.75) is 51.4 Å². The SMILES string of the molecule is CC1C=C[C@@H](O)[C@]2(C)CC[C@@H]3[C@@H](OC(=O)[C@@]3(C)O)[C@@H]12. The van der Waals surface area contributed by atoms with Crippen LogP contribution in [0.25, 0.3) is 0 Å². The van der Waals surface area contributed by atoms with Gasteiger partial charge in [-0.2, -0.15) is 0 Å². The van der Waals surface area contributed by atoms with Crippen LogP contribution in [-0.4, -0.2) is 34.0 Å². The van der Waals surface area contributed by atoms with Crippen LogP contribution in [0.15, 0.2) is 12.2 Å². The molecule has 1 heterocycles. The Balaban J connectivity index is 2.02. The standard InChI is InChI=1S/C15H22O4/c1-8-4-5-10(16)14(2)7-6-9-12(11(8)14)19-13(17)15(9,3)18/h4-5,8-12,16,18H,6-7H2,1-3H3/t8?,9-,10-,11-,12-,14+,15+/m1/s1. The maximum Gasteiger partial charge on any atom is 0.338 e. The van der Waals surface area contributed by atoms with Gasteiger partial charge in [-0.3, -0.25) is 0 Å². The predicted molar refractivity (Wildman–Crippen MR) is 69.1 cm³/mol. The molecule has 0 radical (unpaired) electrons. The summed E-state index contributed by atoms with van der Waals surface area (Å²) in [7, 11) is 0. The summed E-state index contributed by atoms with van der Waals surface area (Å²) in [5, 5.41) is 20.6. The molecule has 2 aliphatic carbocycles. The van der Waals surface area contributed by atoms with Crippen molar-refractivity contribution >= 4 is 5.97 Å². The van der Waals surface area contributed by atoms with Crippen molar-refractivity contribution in [1.82, 2.24) is 0 Å². The highest BCUT2D eigenvalue weighted by molar-refractivity contribution is 5.81. The lowest BCUT2D eigenvalue weighted by molar-refractivity contribution is -0.158. The van der Waals surface area contributed by atoms with Crippen LogP contribution in [-0.2, 0) is 9.53 Å². The summed E-state index contributed by atoms with van der Waals surface area (Å²) in [6.45, 7) is 5.72. The van der Waals surface area contributed by atoms with E-state index < -0.39 is 17.7 Å². The fourth-order valence-electron chi connectivity index (χ4n) is 4.44. The van der Waals surface area contributed by atoms with Gasteiger partial charge in [0.2, 0.25) is 0 Å². The number of allylic oxidation sites excluding steroid dienone is 1. The Morgan fingerprint density at radius 1 is 1.37 bits per heavy atom. The summed E-state index contributed by atoms with van der Waals surface area (Å²) in [5.74, 6) is -0.353. The second-order valence-corrected chi connectivity index (χ2v) is 6.88. The van der Waals surface area contributed by atoms with Gasteiger partial charge in [-0.05, 0) is 25.7 Å². The Hall–Kier alpha value is -0.870. The molecule has 0 aromatic rings. The van der Waals surface area contributed by atoms with Crippen molar-refractivity contribution < 1.29 is 19.7 Å². The van der Waals surface area contributed by atoms with E-state index in [2.05, 4.69) is 13.8 Å². The van der Waals surface area contributed by atoms with Crippen molar-refractivity contribution in [3.05, 3.63) is 12.2 Å². The molecule has 1 saturated carbocycles. The third-order valence-electron chi connectivity index (χ3n) is 5.72. The second kappa shape index (κ2) is 3.83. The Morgan fingerprint density at radius 3 is 2.74 bits per heavy atom. The average Bonchev–Trinajstić information content (AvgIpc) is 2.55. The van der Waals surface area contributed by atoms with Crippen molar-refractivity contribution in [2.24, 2.45) is 23.2 Å². The van der Waals surface area contributed by atoms with Crippen LogP contribution in [0.1, 0.15) is 33.6 Å². The van der Waals surface area contributed by atoms with Gasteiger partial charge in [0.15, 0.2) is 5.60 Å². The summed E-state index contributed by atoms with van der Waals surface area (Å²) in [4.78, 5) is 11.9. The van der Waals surface area contributed by atoms with Crippen molar-refractivity contribution in [3.63, 3.8) is 0 Å². The number of rotatable bonds is 0. The van der Waals surface area contributed by atoms with E-state index in [0.717, 1.165) is 6.42 Å². The molecule has 4 heteroatoms. The van der Waals surface area contributed by atoms with E-state index in [4.69, 9.17) is 4.74 Å². The van der Waals surface area contributed by atoms with Gasteiger partial charge in [-0.15, -0.1) is 0 Å². The smallest absolute Gasteiger partial charge is 0.338 e. The first kappa shape index (κ1) is 13.1. The van der Waals surface area contributed by atoms with Gasteiger partial charge in [0.05, 0.1) is 6.10 Å². The molecule has 3 rings (SSSR count). The lowest BCUT2D eigenvalue weighted by Crippen LogP contribution is -2.55. The van der Waals surface area contributed by atoms with E-state index in [1.165, 1.54) is 0 Å². The van der Waals surface area contributed by atoms with E-state index in [0.29, 0.717) is 6.42 Å². The molecule has 1 saturated heterocycles. The zero-order valence-corrected chi connectivity index (χ0v) is 11.7. The lowest BCUT2D eigenvalue weighted by atomic mass is 9.53. The van der Waals surface area contributed by atoms with Crippen molar-refractivity contribution in [2.75, 3.05) is 0 Å². The van der Waals surface area contributed by atoms with Crippen LogP contribution in [0.3, 0.4) is 0 Å². The summed E-state index contributed by atoms with van der Waals surface area (Å²) >= 11 is 0. The highest BCUT2D eigenvalue weighted by atomic mass is 16.6. The molecule has 2 N–H and O–H groups in total. The number of fused-ring (bicyclic) bond motifs is 3. The molecule has 0 aromatic heterocycles. The van der Waals surface area contributed by atoms with Gasteiger partial charge in [-0.1, -0.05) is 26.0 Å². The molecule has 19 heavy (non-hydrogen) atoms. The van der Waals surface area contributed by atoms with Crippen LogP contribution >= 0.6 is 0 Å². The van der Waals surface area contributed by atoms with Crippen molar-refractivity contribution in [3.8, 4) is 0 Å². The molecule has 1 unspecified atom stereocenters. The normalized spacial score (nSPS) is 56.5. The van der Waals surface area contributed by atoms with Crippen LogP contribution in [0.4, 0.5) is 0 Å². The van der Waals surface area contributed by atoms with Gasteiger partial charge in [-0.25, -0.2) is 4.79 Å². The Kier molecular flexibility index (Phi) is 2.64. The van der Waals surface area contributed by atoms with E-state index >= 15 is 0 Å². The number of hydrogen-bond acceptors (Lipinski definition) is 4. The number of ether oxygens (including phenoxy) is 1. The maximum absolute atomic E-state index is 11.9. The molecule has 3 aliphatic rings. The Bertz CT molecular complexity index is 441. The summed E-state index contributed by atoms with van der Waals surface area (Å²) in [6.07, 6.45) is 4.60. The fourth-order valence-corrected chi connectivity index (χ4v) is 4.44. The van der Waals surface area contributed by atoms with Gasteiger partial charge < -0.3 is 14.9 Å². The molecule has 106 valence electrons. The first-order valence-electron chi connectivity index (χ1n) is 7.08. The Morgan fingerprint density at radius 2 is 2.05 bits per heavy atom. The first-order chi connectivity index (χ1) is 8.78. The number of hydrogen-bond donors (Lipinski definition) is 2. The molecule has 7 atom stereocenters. The monoisotopic (exact) mass is 266 g/mol. The third-order valence-corrected chi connectivity index (χ3v) is 5.72. The molecular formula is C15H22O4. The summed E-state index contributed by atoms with van der Waals surface area (Å²) in [5.41, 5.74) is -1.64. The zero-order chi connectivity index (χ0) is 14.0. The second-order valence-electron chi connectivity index (χ2n) is 6.88. The van der Waals surface area contributed by atoms with Crippen molar-refractivity contribution in [1.29, 1.82) is 0 Å². The van der Waals surface area contributed by atoms with E-state index in [1.54, 1.807) is 6.92 Å². The molecule has 0 aromatic carbocycles. The molecule has 4 nitrogen and oxygen atoms in total. The topological polar surface area (TPSA) is 66.8 Å². The predicted octanol–water partition coefficient (Wildman–Crippen LogP) is 1.26. The minimum atomic E-state index is -1.38. The van der Waals surface area contributed by atoms with Gasteiger partial charge in [0.25, 0.3) is 0 Å². The largest absolute Gasteiger partial charge is 0.459 e. The van der Waals surface area contributed by atoms with Gasteiger partial charge in [0.1, 0.15) is 6.10 Å². The van der Waals surface area contributed by atoms with Crippen LogP contribution in [0, 0.1) is 23.2 Å². The van der Waals surface area contributed by atoms with Crippen LogP contribution in [0.5, 0.6) is 0 Å². The quantitative estimate of drug-likeness (QED) is 0.512. The van der Waals surface area contributed by atoms with E-state index in [1.807, 2.05) is 12.2 Å². The molecular weight excluding hydrogens is 244 g/mol. The number of aliphatic hydroxyl groups is 2. The third kappa shape index (κ3) is 1.56. The van der Waals surface area contributed by atoms with E-state index in [-0.39, 0.29) is 29.3 Å². The number of carbonyl (C=O) groups is 1. The Labute approximate surface area is 113 Å². The summed E-state index contributed by atoms with van der Waals surface area (Å²) < 4.78 is 5.50. The van der Waals surface area contributed by atoms with Gasteiger partial charge in [0, 0.05) is 17.3 Å². The fraction of sp³-hybridized carbons (Fsp3) is 0.800. The van der Waals surface area contributed by atoms with Crippen LogP contribution in [0.2, 0.25) is 0 Å². The minimum Gasteiger partial charge on any atom is -0.459 e. The highest BCUT2D eigenvalue weighted by Gasteiger charge is 2.63.